The summed E-state index contributed by atoms with van der Waals surface area (Å²) in [5.74, 6) is -0.518. The molecule has 0 atom stereocenters. The molecule has 0 radical (unpaired) electrons. The monoisotopic (exact) mass is 381 g/mol. The second kappa shape index (κ2) is 7.57. The Bertz CT molecular complexity index is 1000. The van der Waals surface area contributed by atoms with Crippen LogP contribution in [-0.2, 0) is 30.7 Å². The number of hydrogen-bond acceptors (Lipinski definition) is 5. The van der Waals surface area contributed by atoms with Crippen LogP contribution in [0.2, 0.25) is 0 Å². The number of aryl methyl sites for hydroxylation is 1. The van der Waals surface area contributed by atoms with E-state index in [1.54, 1.807) is 24.7 Å². The van der Waals surface area contributed by atoms with Gasteiger partial charge in [0.05, 0.1) is 31.1 Å². The lowest BCUT2D eigenvalue weighted by atomic mass is 9.94. The minimum absolute atomic E-state index is 0.413. The number of aromatic nitrogens is 4. The summed E-state index contributed by atoms with van der Waals surface area (Å²) in [4.78, 5) is 11.5. The van der Waals surface area contributed by atoms with E-state index in [1.807, 2.05) is 21.5 Å². The van der Waals surface area contributed by atoms with Gasteiger partial charge < -0.3 is 4.74 Å². The summed E-state index contributed by atoms with van der Waals surface area (Å²) in [7, 11) is 1.69. The quantitative estimate of drug-likeness (QED) is 0.503. The highest BCUT2D eigenvalue weighted by atomic mass is 16.5. The highest BCUT2D eigenvalue weighted by Crippen LogP contribution is 2.34. The van der Waals surface area contributed by atoms with Crippen LogP contribution in [0.3, 0.4) is 0 Å². The molecule has 4 rings (SSSR count). The van der Waals surface area contributed by atoms with Crippen molar-refractivity contribution in [2.45, 2.75) is 32.9 Å². The molecule has 0 spiro atoms. The molecule has 0 saturated carbocycles. The molecule has 1 amide bonds. The Labute approximate surface area is 162 Å². The van der Waals surface area contributed by atoms with Crippen LogP contribution >= 0.6 is 0 Å². The summed E-state index contributed by atoms with van der Waals surface area (Å²) in [5.41, 5.74) is 8.73. The van der Waals surface area contributed by atoms with E-state index >= 15 is 0 Å². The van der Waals surface area contributed by atoms with Crippen LogP contribution in [0.1, 0.15) is 32.9 Å². The van der Waals surface area contributed by atoms with Crippen LogP contribution in [0.15, 0.2) is 30.5 Å². The summed E-state index contributed by atoms with van der Waals surface area (Å²) >= 11 is 0. The Kier molecular flexibility index (Phi) is 4.97. The highest BCUT2D eigenvalue weighted by Gasteiger charge is 2.25. The van der Waals surface area contributed by atoms with Gasteiger partial charge in [-0.05, 0) is 37.5 Å². The molecule has 0 fully saturated rings. The molecule has 0 bridgehead atoms. The Hall–Kier alpha value is -2.97. The maximum Gasteiger partial charge on any atom is 0.274 e. The molecule has 146 valence electrons. The second-order valence-corrected chi connectivity index (χ2v) is 6.95. The number of nitrogens with one attached hydrogen (secondary N) is 1. The lowest BCUT2D eigenvalue weighted by Crippen LogP contribution is -2.18. The molecule has 2 N–H and O–H groups in total. The number of benzene rings is 1. The number of fused-ring (bicyclic) bond motifs is 3. The van der Waals surface area contributed by atoms with Crippen LogP contribution in [-0.4, -0.2) is 44.4 Å². The summed E-state index contributed by atoms with van der Waals surface area (Å²) < 4.78 is 9.09. The summed E-state index contributed by atoms with van der Waals surface area (Å²) in [6, 6.07) is 7.13. The van der Waals surface area contributed by atoms with Crippen LogP contribution in [0.25, 0.3) is 11.3 Å². The van der Waals surface area contributed by atoms with E-state index in [-0.39, 0.29) is 0 Å². The lowest BCUT2D eigenvalue weighted by molar-refractivity contribution is 0.0706. The summed E-state index contributed by atoms with van der Waals surface area (Å²) in [6.07, 6.45) is 3.91. The molecule has 2 heterocycles. The molecule has 0 aliphatic heterocycles. The van der Waals surface area contributed by atoms with E-state index in [1.165, 1.54) is 5.56 Å². The number of rotatable bonds is 6. The second-order valence-electron chi connectivity index (χ2n) is 6.95. The van der Waals surface area contributed by atoms with Gasteiger partial charge in [0.15, 0.2) is 0 Å². The van der Waals surface area contributed by atoms with Gasteiger partial charge in [-0.3, -0.25) is 19.4 Å². The zero-order valence-electron chi connectivity index (χ0n) is 16.0. The Morgan fingerprint density at radius 2 is 2.04 bits per heavy atom. The van der Waals surface area contributed by atoms with Gasteiger partial charge >= 0.3 is 0 Å². The fourth-order valence-electron chi connectivity index (χ4n) is 3.64. The largest absolute Gasteiger partial charge is 0.383 e. The van der Waals surface area contributed by atoms with Gasteiger partial charge in [-0.2, -0.15) is 10.2 Å². The number of hydroxylamine groups is 1. The number of carbonyl (C=O) groups excluding carboxylic acids is 1. The third-order valence-corrected chi connectivity index (χ3v) is 5.21. The van der Waals surface area contributed by atoms with Crippen molar-refractivity contribution < 1.29 is 14.7 Å². The lowest BCUT2D eigenvalue weighted by Gasteiger charge is -2.09. The normalized spacial score (nSPS) is 12.5. The first-order valence-electron chi connectivity index (χ1n) is 9.26. The Morgan fingerprint density at radius 1 is 1.25 bits per heavy atom. The number of amides is 1. The van der Waals surface area contributed by atoms with E-state index in [0.717, 1.165) is 47.6 Å². The first-order valence-corrected chi connectivity index (χ1v) is 9.26. The zero-order chi connectivity index (χ0) is 19.7. The number of ether oxygens (including phenoxy) is 1. The molecule has 3 aromatic rings. The van der Waals surface area contributed by atoms with Crippen molar-refractivity contribution in [3.8, 4) is 11.3 Å². The number of carbonyl (C=O) groups is 1. The number of nitrogens with zero attached hydrogens (tertiary/aromatic N) is 4. The first kappa shape index (κ1) is 18.4. The van der Waals surface area contributed by atoms with Gasteiger partial charge in [0.1, 0.15) is 0 Å². The average molecular weight is 381 g/mol. The van der Waals surface area contributed by atoms with Crippen LogP contribution in [0.4, 0.5) is 0 Å². The van der Waals surface area contributed by atoms with Crippen LogP contribution < -0.4 is 5.48 Å². The molecule has 1 aromatic carbocycles. The number of hydrogen-bond donors (Lipinski definition) is 2. The van der Waals surface area contributed by atoms with Crippen molar-refractivity contribution in [1.82, 2.24) is 25.0 Å². The molecule has 0 unspecified atom stereocenters. The van der Waals surface area contributed by atoms with Gasteiger partial charge in [-0.15, -0.1) is 0 Å². The molecule has 2 aromatic heterocycles. The van der Waals surface area contributed by atoms with Gasteiger partial charge in [0, 0.05) is 35.7 Å². The Morgan fingerprint density at radius 3 is 2.75 bits per heavy atom. The fraction of sp³-hybridized carbons (Fsp3) is 0.350. The van der Waals surface area contributed by atoms with Crippen molar-refractivity contribution in [2.24, 2.45) is 0 Å². The first-order chi connectivity index (χ1) is 13.6. The summed E-state index contributed by atoms with van der Waals surface area (Å²) in [5, 5.41) is 18.3. The van der Waals surface area contributed by atoms with Gasteiger partial charge in [-0.1, -0.05) is 12.1 Å². The standard InChI is InChI=1S/C20H23N5O3/c1-13-16-7-8-18-17(12-24(21-18)9-10-28-2)19(16)22-25(13)11-14-3-5-15(6-4-14)20(26)23-27/h3-6,12,27H,7-11H2,1-2H3,(H,23,26). The Balaban J connectivity index is 1.60. The number of methoxy groups -OCH3 is 1. The minimum Gasteiger partial charge on any atom is -0.383 e. The van der Waals surface area contributed by atoms with Crippen molar-refractivity contribution in [3.05, 3.63) is 58.5 Å². The van der Waals surface area contributed by atoms with Gasteiger partial charge in [-0.25, -0.2) is 5.48 Å². The van der Waals surface area contributed by atoms with Gasteiger partial charge in [0.2, 0.25) is 0 Å². The zero-order valence-corrected chi connectivity index (χ0v) is 16.0. The molecule has 1 aliphatic carbocycles. The van der Waals surface area contributed by atoms with E-state index in [2.05, 4.69) is 18.2 Å². The highest BCUT2D eigenvalue weighted by molar-refractivity contribution is 5.93. The molecule has 8 nitrogen and oxygen atoms in total. The smallest absolute Gasteiger partial charge is 0.274 e. The molecule has 0 saturated heterocycles. The van der Waals surface area contributed by atoms with E-state index in [4.69, 9.17) is 15.0 Å². The average Bonchev–Trinajstić information content (AvgIpc) is 3.27. The molecular formula is C20H23N5O3. The summed E-state index contributed by atoms with van der Waals surface area (Å²) in [6.45, 7) is 4.07. The minimum atomic E-state index is -0.518. The molecule has 1 aliphatic rings. The maximum atomic E-state index is 11.5. The van der Waals surface area contributed by atoms with E-state index in [0.29, 0.717) is 18.7 Å². The molecular weight excluding hydrogens is 358 g/mol. The molecule has 28 heavy (non-hydrogen) atoms. The van der Waals surface area contributed by atoms with Crippen molar-refractivity contribution in [3.63, 3.8) is 0 Å². The third kappa shape index (κ3) is 3.32. The third-order valence-electron chi connectivity index (χ3n) is 5.21. The van der Waals surface area contributed by atoms with E-state index < -0.39 is 5.91 Å². The molecule has 8 heteroatoms. The van der Waals surface area contributed by atoms with E-state index in [9.17, 15) is 4.79 Å². The van der Waals surface area contributed by atoms with Crippen molar-refractivity contribution in [2.75, 3.05) is 13.7 Å². The van der Waals surface area contributed by atoms with Gasteiger partial charge in [0.25, 0.3) is 5.91 Å². The fourth-order valence-corrected chi connectivity index (χ4v) is 3.64. The maximum absolute atomic E-state index is 11.5. The van der Waals surface area contributed by atoms with Crippen LogP contribution in [0.5, 0.6) is 0 Å². The van der Waals surface area contributed by atoms with Crippen LogP contribution in [0, 0.1) is 6.92 Å². The SMILES string of the molecule is COCCn1cc2c(n1)CCc1c-2nn(Cc2ccc(C(=O)NO)cc2)c1C. The topological polar surface area (TPSA) is 94.2 Å². The predicted octanol–water partition coefficient (Wildman–Crippen LogP) is 1.97. The predicted molar refractivity (Wildman–Crippen MR) is 102 cm³/mol. The van der Waals surface area contributed by atoms with Crippen molar-refractivity contribution >= 4 is 5.91 Å². The van der Waals surface area contributed by atoms with Crippen molar-refractivity contribution in [1.29, 1.82) is 0 Å².